The second-order valence-electron chi connectivity index (χ2n) is 5.42. The number of likely N-dealkylation sites (N-methyl/N-ethyl adjacent to an activating group) is 1. The zero-order chi connectivity index (χ0) is 16.1. The van der Waals surface area contributed by atoms with E-state index < -0.39 is 0 Å². The molecule has 1 aromatic heterocycles. The predicted molar refractivity (Wildman–Crippen MR) is 90.6 cm³/mol. The Balaban J connectivity index is 1.60. The number of fused-ring (bicyclic) bond motifs is 1. The SMILES string of the molecule is CN(CCOc1ccccc1)Cn1ncc2ccccc2c1=O. The number of benzene rings is 2. The number of nitrogens with zero attached hydrogens (tertiary/aromatic N) is 3. The third kappa shape index (κ3) is 3.76. The third-order valence-corrected chi connectivity index (χ3v) is 3.62. The van der Waals surface area contributed by atoms with Crippen LogP contribution in [0.3, 0.4) is 0 Å². The largest absolute Gasteiger partial charge is 0.492 e. The summed E-state index contributed by atoms with van der Waals surface area (Å²) in [5.74, 6) is 0.849. The topological polar surface area (TPSA) is 47.4 Å². The quantitative estimate of drug-likeness (QED) is 0.701. The minimum atomic E-state index is -0.0704. The fraction of sp³-hybridized carbons (Fsp3) is 0.222. The van der Waals surface area contributed by atoms with Crippen LogP contribution in [0.1, 0.15) is 0 Å². The van der Waals surface area contributed by atoms with Crippen LogP contribution in [0, 0.1) is 0 Å². The Morgan fingerprint density at radius 2 is 1.83 bits per heavy atom. The lowest BCUT2D eigenvalue weighted by Gasteiger charge is -2.17. The molecule has 0 radical (unpaired) electrons. The average Bonchev–Trinajstić information content (AvgIpc) is 2.59. The van der Waals surface area contributed by atoms with Gasteiger partial charge in [-0.05, 0) is 25.2 Å². The summed E-state index contributed by atoms with van der Waals surface area (Å²) >= 11 is 0. The van der Waals surface area contributed by atoms with Gasteiger partial charge in [0.25, 0.3) is 5.56 Å². The van der Waals surface area contributed by atoms with Gasteiger partial charge in [-0.15, -0.1) is 0 Å². The van der Waals surface area contributed by atoms with Crippen molar-refractivity contribution in [1.29, 1.82) is 0 Å². The monoisotopic (exact) mass is 309 g/mol. The Hall–Kier alpha value is -2.66. The van der Waals surface area contributed by atoms with E-state index in [0.717, 1.165) is 11.1 Å². The molecule has 3 aromatic rings. The second kappa shape index (κ2) is 7.07. The molecule has 0 fully saturated rings. The number of hydrogen-bond acceptors (Lipinski definition) is 4. The van der Waals surface area contributed by atoms with Crippen molar-refractivity contribution < 1.29 is 4.74 Å². The molecule has 0 aliphatic carbocycles. The van der Waals surface area contributed by atoms with Gasteiger partial charge in [0, 0.05) is 11.9 Å². The average molecular weight is 309 g/mol. The van der Waals surface area contributed by atoms with Crippen LogP contribution in [-0.4, -0.2) is 34.9 Å². The predicted octanol–water partition coefficient (Wildman–Crippen LogP) is 2.36. The number of ether oxygens (including phenoxy) is 1. The van der Waals surface area contributed by atoms with Crippen LogP contribution >= 0.6 is 0 Å². The number of para-hydroxylation sites is 1. The molecular weight excluding hydrogens is 290 g/mol. The molecule has 23 heavy (non-hydrogen) atoms. The normalized spacial score (nSPS) is 11.0. The van der Waals surface area contributed by atoms with Gasteiger partial charge in [-0.25, -0.2) is 4.68 Å². The summed E-state index contributed by atoms with van der Waals surface area (Å²) < 4.78 is 7.14. The molecule has 1 heterocycles. The second-order valence-corrected chi connectivity index (χ2v) is 5.42. The van der Waals surface area contributed by atoms with Crippen LogP contribution in [0.4, 0.5) is 0 Å². The molecule has 0 saturated carbocycles. The van der Waals surface area contributed by atoms with Crippen molar-refractivity contribution in [1.82, 2.24) is 14.7 Å². The van der Waals surface area contributed by atoms with Gasteiger partial charge in [0.1, 0.15) is 12.4 Å². The summed E-state index contributed by atoms with van der Waals surface area (Å²) in [6.45, 7) is 1.69. The summed E-state index contributed by atoms with van der Waals surface area (Å²) in [5.41, 5.74) is -0.0704. The minimum absolute atomic E-state index is 0.0704. The summed E-state index contributed by atoms with van der Waals surface area (Å²) in [7, 11) is 1.94. The van der Waals surface area contributed by atoms with Gasteiger partial charge in [0.05, 0.1) is 18.3 Å². The molecule has 0 N–H and O–H groups in total. The van der Waals surface area contributed by atoms with Crippen molar-refractivity contribution in [3.05, 3.63) is 71.1 Å². The Morgan fingerprint density at radius 3 is 2.65 bits per heavy atom. The van der Waals surface area contributed by atoms with Crippen LogP contribution in [0.25, 0.3) is 10.8 Å². The van der Waals surface area contributed by atoms with E-state index >= 15 is 0 Å². The highest BCUT2D eigenvalue weighted by Crippen LogP contribution is 2.08. The van der Waals surface area contributed by atoms with Gasteiger partial charge in [0.15, 0.2) is 0 Å². The molecule has 0 bridgehead atoms. The first kappa shape index (κ1) is 15.2. The van der Waals surface area contributed by atoms with Crippen molar-refractivity contribution in [3.63, 3.8) is 0 Å². The van der Waals surface area contributed by atoms with Gasteiger partial charge < -0.3 is 4.74 Å². The van der Waals surface area contributed by atoms with E-state index in [-0.39, 0.29) is 5.56 Å². The van der Waals surface area contributed by atoms with E-state index in [4.69, 9.17) is 4.74 Å². The molecular formula is C18H19N3O2. The Morgan fingerprint density at radius 1 is 1.09 bits per heavy atom. The molecule has 0 unspecified atom stereocenters. The molecule has 0 saturated heterocycles. The number of rotatable bonds is 6. The molecule has 5 heteroatoms. The van der Waals surface area contributed by atoms with Gasteiger partial charge in [-0.2, -0.15) is 5.10 Å². The lowest BCUT2D eigenvalue weighted by atomic mass is 10.2. The molecule has 118 valence electrons. The van der Waals surface area contributed by atoms with Crippen molar-refractivity contribution in [2.45, 2.75) is 6.67 Å². The summed E-state index contributed by atoms with van der Waals surface area (Å²) in [4.78, 5) is 14.4. The summed E-state index contributed by atoms with van der Waals surface area (Å²) in [6, 6.07) is 17.2. The third-order valence-electron chi connectivity index (χ3n) is 3.62. The first-order valence-electron chi connectivity index (χ1n) is 7.55. The molecule has 3 rings (SSSR count). The van der Waals surface area contributed by atoms with Crippen molar-refractivity contribution in [2.75, 3.05) is 20.2 Å². The lowest BCUT2D eigenvalue weighted by Crippen LogP contribution is -2.33. The Kier molecular flexibility index (Phi) is 4.68. The standard InChI is InChI=1S/C18H19N3O2/c1-20(11-12-23-16-8-3-2-4-9-16)14-21-18(22)17-10-6-5-7-15(17)13-19-21/h2-10,13H,11-12,14H2,1H3. The molecule has 5 nitrogen and oxygen atoms in total. The number of aromatic nitrogens is 2. The fourth-order valence-electron chi connectivity index (χ4n) is 2.36. The van der Waals surface area contributed by atoms with Crippen LogP contribution < -0.4 is 10.3 Å². The van der Waals surface area contributed by atoms with Crippen LogP contribution in [0.15, 0.2) is 65.6 Å². The minimum Gasteiger partial charge on any atom is -0.492 e. The Labute approximate surface area is 134 Å². The maximum atomic E-state index is 12.4. The van der Waals surface area contributed by atoms with Gasteiger partial charge in [-0.1, -0.05) is 36.4 Å². The molecule has 0 amide bonds. The van der Waals surface area contributed by atoms with E-state index in [2.05, 4.69) is 5.10 Å². The maximum Gasteiger partial charge on any atom is 0.275 e. The summed E-state index contributed by atoms with van der Waals surface area (Å²) in [6.07, 6.45) is 1.73. The van der Waals surface area contributed by atoms with E-state index in [0.29, 0.717) is 25.2 Å². The van der Waals surface area contributed by atoms with Gasteiger partial charge >= 0.3 is 0 Å². The highest BCUT2D eigenvalue weighted by atomic mass is 16.5. The zero-order valence-corrected chi connectivity index (χ0v) is 13.1. The highest BCUT2D eigenvalue weighted by molar-refractivity contribution is 5.80. The van der Waals surface area contributed by atoms with Crippen LogP contribution in [0.5, 0.6) is 5.75 Å². The molecule has 0 spiro atoms. The van der Waals surface area contributed by atoms with E-state index in [1.54, 1.807) is 6.20 Å². The van der Waals surface area contributed by atoms with E-state index in [1.165, 1.54) is 4.68 Å². The highest BCUT2D eigenvalue weighted by Gasteiger charge is 2.06. The Bertz CT molecular complexity index is 830. The fourth-order valence-corrected chi connectivity index (χ4v) is 2.36. The molecule has 2 aromatic carbocycles. The molecule has 0 aliphatic rings. The number of hydrogen-bond donors (Lipinski definition) is 0. The summed E-state index contributed by atoms with van der Waals surface area (Å²) in [5, 5.41) is 5.79. The first-order valence-corrected chi connectivity index (χ1v) is 7.55. The van der Waals surface area contributed by atoms with Gasteiger partial charge in [-0.3, -0.25) is 9.69 Å². The van der Waals surface area contributed by atoms with Crippen molar-refractivity contribution in [3.8, 4) is 5.75 Å². The van der Waals surface area contributed by atoms with Crippen LogP contribution in [-0.2, 0) is 6.67 Å². The lowest BCUT2D eigenvalue weighted by molar-refractivity contribution is 0.196. The van der Waals surface area contributed by atoms with Crippen molar-refractivity contribution in [2.24, 2.45) is 0 Å². The van der Waals surface area contributed by atoms with Crippen LogP contribution in [0.2, 0.25) is 0 Å². The van der Waals surface area contributed by atoms with Gasteiger partial charge in [0.2, 0.25) is 0 Å². The zero-order valence-electron chi connectivity index (χ0n) is 13.1. The van der Waals surface area contributed by atoms with Crippen molar-refractivity contribution >= 4 is 10.8 Å². The molecule has 0 atom stereocenters. The maximum absolute atomic E-state index is 12.4. The first-order chi connectivity index (χ1) is 11.2. The van der Waals surface area contributed by atoms with E-state index in [9.17, 15) is 4.79 Å². The smallest absolute Gasteiger partial charge is 0.275 e. The van der Waals surface area contributed by atoms with E-state index in [1.807, 2.05) is 66.5 Å². The molecule has 0 aliphatic heterocycles.